The van der Waals surface area contributed by atoms with Crippen molar-refractivity contribution in [3.63, 3.8) is 0 Å². The number of benzene rings is 2. The fraction of sp³-hybridized carbons (Fsp3) is 0.333. The number of nitrogens with zero attached hydrogens (tertiary/aromatic N) is 5. The summed E-state index contributed by atoms with van der Waals surface area (Å²) in [4.78, 5) is 26.5. The Labute approximate surface area is 220 Å². The predicted molar refractivity (Wildman–Crippen MR) is 140 cm³/mol. The zero-order chi connectivity index (χ0) is 26.9. The monoisotopic (exact) mass is 511 g/mol. The molecule has 1 aliphatic carbocycles. The molecule has 2 atom stereocenters. The van der Waals surface area contributed by atoms with Crippen LogP contribution in [0.3, 0.4) is 0 Å². The van der Waals surface area contributed by atoms with Gasteiger partial charge in [-0.25, -0.2) is 0 Å². The summed E-state index contributed by atoms with van der Waals surface area (Å²) in [7, 11) is 1.58. The third-order valence-corrected chi connectivity index (χ3v) is 7.56. The maximum Gasteiger partial charge on any atom is 0.251 e. The molecule has 1 aromatic heterocycles. The topological polar surface area (TPSA) is 166 Å². The molecular weight excluding hydrogens is 482 g/mol. The highest BCUT2D eigenvalue weighted by Gasteiger charge is 2.47. The summed E-state index contributed by atoms with van der Waals surface area (Å²) in [5.41, 5.74) is 9.99. The van der Waals surface area contributed by atoms with E-state index in [1.807, 2.05) is 18.2 Å². The van der Waals surface area contributed by atoms with Gasteiger partial charge in [-0.2, -0.15) is 10.5 Å². The van der Waals surface area contributed by atoms with E-state index in [4.69, 9.17) is 5.73 Å². The smallest absolute Gasteiger partial charge is 0.251 e. The highest BCUT2D eigenvalue weighted by Crippen LogP contribution is 2.53. The van der Waals surface area contributed by atoms with Crippen molar-refractivity contribution < 1.29 is 9.59 Å². The molecule has 0 bridgehead atoms. The van der Waals surface area contributed by atoms with E-state index in [0.717, 1.165) is 47.3 Å². The Hall–Kier alpha value is -4.56. The number of carbonyl (C=O) groups excluding carboxylic acids is 2. The number of amides is 2. The number of hydrogen-bond acceptors (Lipinski definition) is 8. The first kappa shape index (κ1) is 25.1. The molecule has 3 aromatic rings. The van der Waals surface area contributed by atoms with E-state index in [1.165, 1.54) is 0 Å². The summed E-state index contributed by atoms with van der Waals surface area (Å²) in [6.07, 6.45) is 2.41. The number of nitrogens with one attached hydrogen (secondary N) is 3. The minimum absolute atomic E-state index is 0.127. The van der Waals surface area contributed by atoms with Gasteiger partial charge in [0, 0.05) is 37.0 Å². The predicted octanol–water partition coefficient (Wildman–Crippen LogP) is 1.45. The van der Waals surface area contributed by atoms with Crippen LogP contribution in [0, 0.1) is 11.3 Å². The lowest BCUT2D eigenvalue weighted by atomic mass is 9.74. The first-order valence-corrected chi connectivity index (χ1v) is 12.5. The molecule has 2 heterocycles. The zero-order valence-electron chi connectivity index (χ0n) is 21.1. The van der Waals surface area contributed by atoms with E-state index in [9.17, 15) is 14.9 Å². The molecule has 5 rings (SSSR count). The number of hydrogen-bond donors (Lipinski definition) is 4. The van der Waals surface area contributed by atoms with E-state index in [0.29, 0.717) is 36.5 Å². The molecule has 38 heavy (non-hydrogen) atoms. The second-order valence-electron chi connectivity index (χ2n) is 9.58. The van der Waals surface area contributed by atoms with E-state index >= 15 is 0 Å². The minimum Gasteiger partial charge on any atom is -0.366 e. The van der Waals surface area contributed by atoms with Crippen LogP contribution in [0.1, 0.15) is 56.9 Å². The van der Waals surface area contributed by atoms with Gasteiger partial charge in [0.1, 0.15) is 6.04 Å². The van der Waals surface area contributed by atoms with Gasteiger partial charge in [0.25, 0.3) is 5.91 Å². The van der Waals surface area contributed by atoms with Crippen molar-refractivity contribution >= 4 is 11.8 Å². The van der Waals surface area contributed by atoms with Crippen LogP contribution in [0.4, 0.5) is 0 Å². The second-order valence-corrected chi connectivity index (χ2v) is 9.58. The highest BCUT2D eigenvalue weighted by atomic mass is 16.1. The summed E-state index contributed by atoms with van der Waals surface area (Å²) < 4.78 is 0. The number of carbonyl (C=O) groups is 2. The molecule has 194 valence electrons. The van der Waals surface area contributed by atoms with Crippen molar-refractivity contribution in [3.8, 4) is 17.2 Å². The van der Waals surface area contributed by atoms with E-state index < -0.39 is 11.3 Å². The third-order valence-electron chi connectivity index (χ3n) is 7.56. The van der Waals surface area contributed by atoms with Gasteiger partial charge in [-0.1, -0.05) is 23.9 Å². The average molecular weight is 512 g/mol. The molecule has 5 N–H and O–H groups in total. The van der Waals surface area contributed by atoms with Gasteiger partial charge in [-0.3, -0.25) is 9.59 Å². The molecule has 2 aromatic carbocycles. The first-order valence-electron chi connectivity index (χ1n) is 12.5. The van der Waals surface area contributed by atoms with Crippen molar-refractivity contribution in [1.82, 2.24) is 36.2 Å². The van der Waals surface area contributed by atoms with Crippen molar-refractivity contribution in [2.45, 2.75) is 30.7 Å². The Balaban J connectivity index is 1.52. The van der Waals surface area contributed by atoms with Crippen molar-refractivity contribution in [1.29, 1.82) is 5.26 Å². The Morgan fingerprint density at radius 3 is 2.58 bits per heavy atom. The van der Waals surface area contributed by atoms with Crippen molar-refractivity contribution in [3.05, 3.63) is 76.8 Å². The van der Waals surface area contributed by atoms with Crippen LogP contribution >= 0.6 is 0 Å². The van der Waals surface area contributed by atoms with Gasteiger partial charge in [0.2, 0.25) is 5.91 Å². The molecule has 0 saturated carbocycles. The van der Waals surface area contributed by atoms with Crippen LogP contribution in [0.2, 0.25) is 0 Å². The molecule has 1 aliphatic heterocycles. The summed E-state index contributed by atoms with van der Waals surface area (Å²) >= 11 is 0. The molecule has 1 saturated heterocycles. The van der Waals surface area contributed by atoms with Gasteiger partial charge >= 0.3 is 0 Å². The number of H-pyrrole nitrogens is 1. The van der Waals surface area contributed by atoms with Crippen LogP contribution in [0.15, 0.2) is 48.7 Å². The summed E-state index contributed by atoms with van der Waals surface area (Å²) in [5.74, 6) is -0.261. The number of tetrazole rings is 1. The van der Waals surface area contributed by atoms with Crippen LogP contribution in [-0.2, 0) is 5.41 Å². The quantitative estimate of drug-likeness (QED) is 0.313. The van der Waals surface area contributed by atoms with Crippen LogP contribution in [-0.4, -0.2) is 70.1 Å². The summed E-state index contributed by atoms with van der Waals surface area (Å²) in [6, 6.07) is 13.1. The Morgan fingerprint density at radius 1 is 1.24 bits per heavy atom. The molecular formula is C27H29N9O2. The number of fused-ring (bicyclic) bond motifs is 3. The Morgan fingerprint density at radius 2 is 1.95 bits per heavy atom. The van der Waals surface area contributed by atoms with Crippen LogP contribution in [0.25, 0.3) is 11.1 Å². The standard InChI is InChI=1S/C27H29N9O2/c1-16(36-11-3-4-19(36)14-28)15-31-10-9-27(26-32-34-35-33-26)22-7-5-17(24(29)37)12-20(22)21-13-18(25(38)30-2)6-8-23(21)27/h5-8,12-13,19,31H,1,3-4,9-11,15H2,2H3,(H2,29,37)(H,30,38)(H,32,33,34,35). The molecule has 11 heteroatoms. The largest absolute Gasteiger partial charge is 0.366 e. The molecule has 2 amide bonds. The molecule has 0 radical (unpaired) electrons. The SMILES string of the molecule is C=C(CNCCC1(c2nn[nH]n2)c2ccc(C(N)=O)cc2-c2cc(C(=O)NC)ccc21)N1CCCC1C#N. The second kappa shape index (κ2) is 10.1. The number of nitriles is 1. The van der Waals surface area contributed by atoms with E-state index in [2.05, 4.69) is 48.8 Å². The Bertz CT molecular complexity index is 1440. The number of primary amides is 1. The normalized spacial score (nSPS) is 19.5. The maximum atomic E-state index is 12.5. The lowest BCUT2D eigenvalue weighted by Crippen LogP contribution is -2.36. The highest BCUT2D eigenvalue weighted by molar-refractivity contribution is 5.99. The Kier molecular flexibility index (Phi) is 6.65. The van der Waals surface area contributed by atoms with Gasteiger partial charge in [0.15, 0.2) is 5.82 Å². The fourth-order valence-electron chi connectivity index (χ4n) is 5.72. The van der Waals surface area contributed by atoms with Gasteiger partial charge in [-0.05, 0) is 72.3 Å². The number of rotatable bonds is 9. The first-order chi connectivity index (χ1) is 18.4. The van der Waals surface area contributed by atoms with E-state index in [1.54, 1.807) is 25.2 Å². The third kappa shape index (κ3) is 4.09. The van der Waals surface area contributed by atoms with Gasteiger partial charge < -0.3 is 21.3 Å². The van der Waals surface area contributed by atoms with Crippen LogP contribution < -0.4 is 16.4 Å². The summed E-state index contributed by atoms with van der Waals surface area (Å²) in [5, 5.41) is 30.8. The lowest BCUT2D eigenvalue weighted by molar-refractivity contribution is 0.0961. The fourth-order valence-corrected chi connectivity index (χ4v) is 5.72. The molecule has 1 fully saturated rings. The number of aromatic nitrogens is 4. The van der Waals surface area contributed by atoms with Gasteiger partial charge in [0.05, 0.1) is 11.5 Å². The van der Waals surface area contributed by atoms with Crippen molar-refractivity contribution in [2.24, 2.45) is 5.73 Å². The average Bonchev–Trinajstić information content (AvgIpc) is 3.69. The van der Waals surface area contributed by atoms with Gasteiger partial charge in [-0.15, -0.1) is 10.2 Å². The zero-order valence-corrected chi connectivity index (χ0v) is 21.1. The van der Waals surface area contributed by atoms with Crippen molar-refractivity contribution in [2.75, 3.05) is 26.7 Å². The molecule has 2 unspecified atom stereocenters. The molecule has 0 spiro atoms. The van der Waals surface area contributed by atoms with Crippen LogP contribution in [0.5, 0.6) is 0 Å². The molecule has 2 aliphatic rings. The number of nitrogens with two attached hydrogens (primary N) is 1. The lowest BCUT2D eigenvalue weighted by Gasteiger charge is -2.30. The molecule has 11 nitrogen and oxygen atoms in total. The number of likely N-dealkylation sites (tertiary alicyclic amines) is 1. The number of aromatic amines is 1. The summed E-state index contributed by atoms with van der Waals surface area (Å²) in [6.45, 7) is 6.14. The minimum atomic E-state index is -0.785. The van der Waals surface area contributed by atoms with E-state index in [-0.39, 0.29) is 11.9 Å². The maximum absolute atomic E-state index is 12.5.